The van der Waals surface area contributed by atoms with Crippen LogP contribution in [0.5, 0.6) is 0 Å². The first kappa shape index (κ1) is 28.0. The maximum atomic E-state index is 14.5. The molecule has 0 radical (unpaired) electrons. The number of carbonyl (C=O) groups excluding carboxylic acids is 1. The van der Waals surface area contributed by atoms with Gasteiger partial charge in [0.25, 0.3) is 10.0 Å². The fraction of sp³-hybridized carbons (Fsp3) is 0.280. The van der Waals surface area contributed by atoms with Crippen LogP contribution in [0.3, 0.4) is 0 Å². The first-order valence-corrected chi connectivity index (χ1v) is 14.1. The van der Waals surface area contributed by atoms with Crippen LogP contribution in [0.4, 0.5) is 22.0 Å². The van der Waals surface area contributed by atoms with Gasteiger partial charge in [0.2, 0.25) is 11.7 Å². The minimum Gasteiger partial charge on any atom is -0.351 e. The standard InChI is InChI=1S/C25H20F5N5O3S2/c1-13-2-4-20(35(13)40(37,38)22-8-14-6-17(26)3-5-21(14)39-22)23(36)32-9-15-7-19(31-12-18(15)27)16-10-33-24(34-11-16)25(28,29)30/h3,5-8,10-13,20H,2,4,9H2,1H3,(H,32,36)/t13-,20-/m0/s1. The van der Waals surface area contributed by atoms with Gasteiger partial charge in [-0.3, -0.25) is 9.78 Å². The highest BCUT2D eigenvalue weighted by atomic mass is 32.2. The molecule has 2 atom stereocenters. The molecule has 3 aromatic heterocycles. The molecule has 1 aliphatic rings. The van der Waals surface area contributed by atoms with Crippen LogP contribution in [0.15, 0.2) is 53.1 Å². The summed E-state index contributed by atoms with van der Waals surface area (Å²) in [7, 11) is -4.11. The molecule has 0 spiro atoms. The van der Waals surface area contributed by atoms with Gasteiger partial charge in [0.05, 0.1) is 11.9 Å². The lowest BCUT2D eigenvalue weighted by Crippen LogP contribution is -2.47. The molecule has 0 bridgehead atoms. The van der Waals surface area contributed by atoms with Crippen molar-refractivity contribution in [2.24, 2.45) is 0 Å². The lowest BCUT2D eigenvalue weighted by molar-refractivity contribution is -0.145. The Hall–Kier alpha value is -3.56. The number of carbonyl (C=O) groups is 1. The van der Waals surface area contributed by atoms with Gasteiger partial charge in [-0.1, -0.05) is 0 Å². The van der Waals surface area contributed by atoms with Crippen LogP contribution in [-0.4, -0.2) is 45.7 Å². The molecule has 8 nitrogen and oxygen atoms in total. The molecule has 1 aliphatic heterocycles. The number of hydrogen-bond donors (Lipinski definition) is 1. The van der Waals surface area contributed by atoms with E-state index in [0.29, 0.717) is 16.5 Å². The van der Waals surface area contributed by atoms with Gasteiger partial charge in [-0.2, -0.15) is 17.5 Å². The topological polar surface area (TPSA) is 105 Å². The zero-order chi connectivity index (χ0) is 28.8. The summed E-state index contributed by atoms with van der Waals surface area (Å²) in [4.78, 5) is 23.5. The Labute approximate surface area is 228 Å². The zero-order valence-corrected chi connectivity index (χ0v) is 22.2. The predicted molar refractivity (Wildman–Crippen MR) is 135 cm³/mol. The Morgan fingerprint density at radius 3 is 2.50 bits per heavy atom. The van der Waals surface area contributed by atoms with E-state index >= 15 is 0 Å². The molecule has 1 N–H and O–H groups in total. The molecule has 0 saturated carbocycles. The number of sulfonamides is 1. The molecule has 1 saturated heterocycles. The molecule has 1 amide bonds. The minimum atomic E-state index is -4.72. The average Bonchev–Trinajstić information content (AvgIpc) is 3.51. The van der Waals surface area contributed by atoms with E-state index in [1.165, 1.54) is 30.3 Å². The molecule has 5 rings (SSSR count). The van der Waals surface area contributed by atoms with Gasteiger partial charge in [0.15, 0.2) is 0 Å². The summed E-state index contributed by atoms with van der Waals surface area (Å²) in [6, 6.07) is 5.01. The van der Waals surface area contributed by atoms with Gasteiger partial charge < -0.3 is 5.32 Å². The molecular weight excluding hydrogens is 577 g/mol. The number of halogens is 5. The van der Waals surface area contributed by atoms with Crippen molar-refractivity contribution in [2.45, 2.75) is 48.8 Å². The molecule has 1 fully saturated rings. The molecule has 210 valence electrons. The highest BCUT2D eigenvalue weighted by molar-refractivity contribution is 7.91. The van der Waals surface area contributed by atoms with E-state index in [0.717, 1.165) is 34.2 Å². The number of pyridine rings is 1. The van der Waals surface area contributed by atoms with Crippen molar-refractivity contribution in [3.05, 3.63) is 71.9 Å². The van der Waals surface area contributed by atoms with Crippen LogP contribution in [-0.2, 0) is 27.5 Å². The van der Waals surface area contributed by atoms with E-state index in [2.05, 4.69) is 20.3 Å². The van der Waals surface area contributed by atoms with Crippen molar-refractivity contribution in [1.29, 1.82) is 0 Å². The summed E-state index contributed by atoms with van der Waals surface area (Å²) in [5.74, 6) is -3.26. The average molecular weight is 598 g/mol. The molecule has 0 unspecified atom stereocenters. The van der Waals surface area contributed by atoms with Crippen molar-refractivity contribution >= 4 is 37.4 Å². The number of thiophene rings is 1. The van der Waals surface area contributed by atoms with Crippen LogP contribution in [0, 0.1) is 11.6 Å². The van der Waals surface area contributed by atoms with Crippen LogP contribution in [0.25, 0.3) is 21.3 Å². The van der Waals surface area contributed by atoms with Crippen LogP contribution in [0.1, 0.15) is 31.2 Å². The van der Waals surface area contributed by atoms with Gasteiger partial charge >= 0.3 is 6.18 Å². The number of nitrogens with one attached hydrogen (secondary N) is 1. The van der Waals surface area contributed by atoms with Crippen molar-refractivity contribution in [1.82, 2.24) is 24.6 Å². The number of hydrogen-bond acceptors (Lipinski definition) is 7. The van der Waals surface area contributed by atoms with Crippen molar-refractivity contribution in [2.75, 3.05) is 0 Å². The lowest BCUT2D eigenvalue weighted by Gasteiger charge is -2.26. The van der Waals surface area contributed by atoms with Crippen molar-refractivity contribution in [3.63, 3.8) is 0 Å². The Morgan fingerprint density at radius 2 is 1.80 bits per heavy atom. The van der Waals surface area contributed by atoms with E-state index in [4.69, 9.17) is 0 Å². The quantitative estimate of drug-likeness (QED) is 0.317. The summed E-state index contributed by atoms with van der Waals surface area (Å²) in [5, 5.41) is 2.99. The fourth-order valence-electron chi connectivity index (χ4n) is 4.51. The number of amides is 1. The van der Waals surface area contributed by atoms with E-state index in [-0.39, 0.29) is 34.0 Å². The number of nitrogens with zero attached hydrogens (tertiary/aromatic N) is 4. The van der Waals surface area contributed by atoms with Gasteiger partial charge in [-0.05, 0) is 55.5 Å². The summed E-state index contributed by atoms with van der Waals surface area (Å²) in [6.07, 6.45) is -1.41. The molecular formula is C25H20F5N5O3S2. The SMILES string of the molecule is C[C@H]1CC[C@@H](C(=O)NCc2cc(-c3cnc(C(F)(F)F)nc3)ncc2F)N1S(=O)(=O)c1cc2cc(F)ccc2s1. The Kier molecular flexibility index (Phi) is 7.31. The smallest absolute Gasteiger partial charge is 0.351 e. The zero-order valence-electron chi connectivity index (χ0n) is 20.6. The number of alkyl halides is 3. The first-order valence-electron chi connectivity index (χ1n) is 11.9. The molecule has 4 aromatic rings. The van der Waals surface area contributed by atoms with Gasteiger partial charge in [0.1, 0.15) is 21.9 Å². The molecule has 0 aliphatic carbocycles. The first-order chi connectivity index (χ1) is 18.8. The normalized spacial score (nSPS) is 18.4. The third-order valence-electron chi connectivity index (χ3n) is 6.48. The van der Waals surface area contributed by atoms with Crippen molar-refractivity contribution < 1.29 is 35.2 Å². The van der Waals surface area contributed by atoms with E-state index in [1.54, 1.807) is 6.92 Å². The third kappa shape index (κ3) is 5.40. The Bertz CT molecular complexity index is 1690. The van der Waals surface area contributed by atoms with Crippen LogP contribution >= 0.6 is 11.3 Å². The highest BCUT2D eigenvalue weighted by Gasteiger charge is 2.44. The Morgan fingerprint density at radius 1 is 1.07 bits per heavy atom. The lowest BCUT2D eigenvalue weighted by atomic mass is 10.1. The second-order valence-electron chi connectivity index (χ2n) is 9.20. The van der Waals surface area contributed by atoms with Crippen LogP contribution in [0.2, 0.25) is 0 Å². The largest absolute Gasteiger partial charge is 0.451 e. The second kappa shape index (κ2) is 10.4. The number of fused-ring (bicyclic) bond motifs is 1. The molecule has 4 heterocycles. The Balaban J connectivity index is 1.34. The van der Waals surface area contributed by atoms with Crippen LogP contribution < -0.4 is 5.32 Å². The summed E-state index contributed by atoms with van der Waals surface area (Å²) in [5.41, 5.74) is 0.162. The third-order valence-corrected chi connectivity index (χ3v) is 10.1. The monoisotopic (exact) mass is 597 g/mol. The maximum absolute atomic E-state index is 14.5. The molecule has 1 aromatic carbocycles. The van der Waals surface area contributed by atoms with Gasteiger partial charge in [-0.25, -0.2) is 27.2 Å². The summed E-state index contributed by atoms with van der Waals surface area (Å²) < 4.78 is 95.1. The number of benzene rings is 1. The van der Waals surface area contributed by atoms with E-state index in [9.17, 15) is 35.2 Å². The number of rotatable bonds is 6. The number of aromatic nitrogens is 3. The second-order valence-corrected chi connectivity index (χ2v) is 12.4. The summed E-state index contributed by atoms with van der Waals surface area (Å²) in [6.45, 7) is 1.35. The molecule has 15 heteroatoms. The van der Waals surface area contributed by atoms with Gasteiger partial charge in [0, 0.05) is 40.8 Å². The van der Waals surface area contributed by atoms with Crippen molar-refractivity contribution in [3.8, 4) is 11.3 Å². The maximum Gasteiger partial charge on any atom is 0.451 e. The van der Waals surface area contributed by atoms with E-state index in [1.807, 2.05) is 0 Å². The molecule has 40 heavy (non-hydrogen) atoms. The highest BCUT2D eigenvalue weighted by Crippen LogP contribution is 2.37. The van der Waals surface area contributed by atoms with E-state index < -0.39 is 51.6 Å². The predicted octanol–water partition coefficient (Wildman–Crippen LogP) is 4.91. The fourth-order valence-corrected chi connectivity index (χ4v) is 7.84. The summed E-state index contributed by atoms with van der Waals surface area (Å²) >= 11 is 0.972. The minimum absolute atomic E-state index is 0.0229. The van der Waals surface area contributed by atoms with Gasteiger partial charge in [-0.15, -0.1) is 11.3 Å².